The largest absolute Gasteiger partial charge is 0.508 e. The van der Waals surface area contributed by atoms with Crippen LogP contribution in [-0.2, 0) is 5.54 Å². The van der Waals surface area contributed by atoms with Crippen LogP contribution in [0.1, 0.15) is 50.7 Å². The fourth-order valence-corrected chi connectivity index (χ4v) is 5.43. The van der Waals surface area contributed by atoms with Crippen LogP contribution in [0.2, 0.25) is 0 Å². The maximum absolute atomic E-state index is 9.62. The highest BCUT2D eigenvalue weighted by atomic mass is 16.3. The van der Waals surface area contributed by atoms with E-state index in [1.54, 1.807) is 12.1 Å². The highest BCUT2D eigenvalue weighted by Gasteiger charge is 2.54. The number of rotatable bonds is 3. The fraction of sp³-hybridized carbons (Fsp3) is 0.455. The van der Waals surface area contributed by atoms with E-state index < -0.39 is 5.54 Å². The molecule has 1 aliphatic rings. The Bertz CT molecular complexity index is 725. The summed E-state index contributed by atoms with van der Waals surface area (Å²) in [5, 5.41) is 9.62. The summed E-state index contributed by atoms with van der Waals surface area (Å²) in [6.07, 6.45) is 1.70. The zero-order valence-corrected chi connectivity index (χ0v) is 15.5. The molecule has 5 N–H and O–H groups in total. The number of phenolic OH excluding ortho intramolecular Hbond substituents is 1. The molecule has 0 aliphatic heterocycles. The Balaban J connectivity index is 2.06. The predicted octanol–water partition coefficient (Wildman–Crippen LogP) is 4.12. The normalized spacial score (nSPS) is 31.6. The molecule has 0 amide bonds. The molecule has 1 saturated carbocycles. The van der Waals surface area contributed by atoms with Gasteiger partial charge in [0.2, 0.25) is 0 Å². The van der Waals surface area contributed by atoms with Crippen molar-refractivity contribution in [3.63, 3.8) is 0 Å². The molecule has 2 aromatic carbocycles. The van der Waals surface area contributed by atoms with Crippen molar-refractivity contribution < 1.29 is 5.11 Å². The first-order chi connectivity index (χ1) is 11.7. The summed E-state index contributed by atoms with van der Waals surface area (Å²) in [6.45, 7) is 7.47. The van der Waals surface area contributed by atoms with E-state index in [1.807, 2.05) is 12.1 Å². The average Bonchev–Trinajstić information content (AvgIpc) is 2.54. The van der Waals surface area contributed by atoms with Crippen molar-refractivity contribution >= 4 is 0 Å². The first-order valence-corrected chi connectivity index (χ1v) is 9.04. The Kier molecular flexibility index (Phi) is 4.42. The first-order valence-electron chi connectivity index (χ1n) is 9.04. The van der Waals surface area contributed by atoms with Crippen molar-refractivity contribution in [3.8, 4) is 5.75 Å². The van der Waals surface area contributed by atoms with Crippen LogP contribution >= 0.6 is 0 Å². The summed E-state index contributed by atoms with van der Waals surface area (Å²) >= 11 is 0. The zero-order chi connectivity index (χ0) is 18.3. The molecule has 2 aromatic rings. The number of benzene rings is 2. The monoisotopic (exact) mass is 338 g/mol. The molecule has 3 unspecified atom stereocenters. The van der Waals surface area contributed by atoms with Crippen LogP contribution in [-0.4, -0.2) is 11.7 Å². The molecule has 134 valence electrons. The van der Waals surface area contributed by atoms with Crippen LogP contribution in [0.3, 0.4) is 0 Å². The number of hydrogen-bond acceptors (Lipinski definition) is 3. The topological polar surface area (TPSA) is 72.3 Å². The van der Waals surface area contributed by atoms with Gasteiger partial charge in [-0.05, 0) is 59.4 Å². The van der Waals surface area contributed by atoms with Crippen molar-refractivity contribution in [1.29, 1.82) is 0 Å². The number of aromatic hydroxyl groups is 1. The number of phenols is 1. The minimum atomic E-state index is -0.448. The van der Waals surface area contributed by atoms with Gasteiger partial charge in [-0.2, -0.15) is 0 Å². The summed E-state index contributed by atoms with van der Waals surface area (Å²) in [5.74, 6) is 0.617. The van der Waals surface area contributed by atoms with Crippen molar-refractivity contribution in [2.24, 2.45) is 22.3 Å². The van der Waals surface area contributed by atoms with Crippen molar-refractivity contribution in [2.45, 2.75) is 45.1 Å². The van der Waals surface area contributed by atoms with Gasteiger partial charge in [0, 0.05) is 5.54 Å². The molecular formula is C22H30N2O. The Labute approximate surface area is 151 Å². The molecule has 3 rings (SSSR count). The van der Waals surface area contributed by atoms with Gasteiger partial charge >= 0.3 is 0 Å². The van der Waals surface area contributed by atoms with E-state index in [4.69, 9.17) is 11.5 Å². The molecule has 0 spiro atoms. The lowest BCUT2D eigenvalue weighted by atomic mass is 9.49. The van der Waals surface area contributed by atoms with Crippen molar-refractivity contribution in [2.75, 3.05) is 6.54 Å². The van der Waals surface area contributed by atoms with Gasteiger partial charge in [-0.15, -0.1) is 0 Å². The minimum absolute atomic E-state index is 0.000357. The summed E-state index contributed by atoms with van der Waals surface area (Å²) < 4.78 is 0. The third-order valence-corrected chi connectivity index (χ3v) is 6.01. The maximum Gasteiger partial charge on any atom is 0.115 e. The maximum atomic E-state index is 9.62. The van der Waals surface area contributed by atoms with Gasteiger partial charge in [-0.3, -0.25) is 0 Å². The first kappa shape index (κ1) is 18.0. The zero-order valence-electron chi connectivity index (χ0n) is 15.5. The average molecular weight is 338 g/mol. The van der Waals surface area contributed by atoms with Crippen molar-refractivity contribution in [1.82, 2.24) is 0 Å². The second-order valence-electron chi connectivity index (χ2n) is 8.75. The quantitative estimate of drug-likeness (QED) is 0.788. The van der Waals surface area contributed by atoms with E-state index in [-0.39, 0.29) is 16.6 Å². The van der Waals surface area contributed by atoms with Gasteiger partial charge in [0.1, 0.15) is 5.75 Å². The summed E-state index contributed by atoms with van der Waals surface area (Å²) in [5.41, 5.74) is 15.1. The Morgan fingerprint density at radius 1 is 0.960 bits per heavy atom. The Morgan fingerprint density at radius 3 is 2.12 bits per heavy atom. The molecule has 0 radical (unpaired) electrons. The van der Waals surface area contributed by atoms with Crippen LogP contribution < -0.4 is 11.5 Å². The SMILES string of the molecule is CC1(C)CC(N)(c2ccc(O)cc2)CC(C)(CN)C1c1ccccc1. The summed E-state index contributed by atoms with van der Waals surface area (Å²) in [6, 6.07) is 18.0. The van der Waals surface area contributed by atoms with Crippen LogP contribution in [0.4, 0.5) is 0 Å². The minimum Gasteiger partial charge on any atom is -0.508 e. The van der Waals surface area contributed by atoms with Gasteiger partial charge in [-0.25, -0.2) is 0 Å². The molecule has 3 nitrogen and oxygen atoms in total. The molecule has 0 aromatic heterocycles. The number of hydrogen-bond donors (Lipinski definition) is 3. The second kappa shape index (κ2) is 6.15. The molecule has 3 heteroatoms. The third-order valence-electron chi connectivity index (χ3n) is 6.01. The van der Waals surface area contributed by atoms with Crippen molar-refractivity contribution in [3.05, 3.63) is 65.7 Å². The van der Waals surface area contributed by atoms with E-state index in [0.717, 1.165) is 18.4 Å². The molecule has 25 heavy (non-hydrogen) atoms. The van der Waals surface area contributed by atoms with E-state index in [9.17, 15) is 5.11 Å². The van der Waals surface area contributed by atoms with Crippen LogP contribution in [0.25, 0.3) is 0 Å². The Hall–Kier alpha value is -1.84. The van der Waals surface area contributed by atoms with Crippen LogP contribution in [0.15, 0.2) is 54.6 Å². The summed E-state index contributed by atoms with van der Waals surface area (Å²) in [7, 11) is 0. The van der Waals surface area contributed by atoms with E-state index >= 15 is 0 Å². The molecule has 0 heterocycles. The lowest BCUT2D eigenvalue weighted by molar-refractivity contribution is 0.00761. The van der Waals surface area contributed by atoms with Crippen LogP contribution in [0, 0.1) is 10.8 Å². The van der Waals surface area contributed by atoms with Crippen LogP contribution in [0.5, 0.6) is 5.75 Å². The number of nitrogens with two attached hydrogens (primary N) is 2. The molecule has 1 fully saturated rings. The fourth-order valence-electron chi connectivity index (χ4n) is 5.43. The predicted molar refractivity (Wildman–Crippen MR) is 103 cm³/mol. The van der Waals surface area contributed by atoms with E-state index in [2.05, 4.69) is 51.1 Å². The van der Waals surface area contributed by atoms with Gasteiger partial charge in [0.15, 0.2) is 0 Å². The molecular weight excluding hydrogens is 308 g/mol. The lowest BCUT2D eigenvalue weighted by Crippen LogP contribution is -2.56. The molecule has 3 atom stereocenters. The summed E-state index contributed by atoms with van der Waals surface area (Å²) in [4.78, 5) is 0. The standard InChI is InChI=1S/C22H30N2O/c1-20(2)13-22(24,17-9-11-18(25)12-10-17)14-21(3,15-23)19(20)16-7-5-4-6-8-16/h4-12,19,25H,13-15,23-24H2,1-3H3. The smallest absolute Gasteiger partial charge is 0.115 e. The lowest BCUT2D eigenvalue weighted by Gasteiger charge is -2.57. The van der Waals surface area contributed by atoms with Gasteiger partial charge in [0.05, 0.1) is 0 Å². The highest BCUT2D eigenvalue weighted by molar-refractivity contribution is 5.35. The van der Waals surface area contributed by atoms with E-state index in [0.29, 0.717) is 12.5 Å². The molecule has 0 bridgehead atoms. The molecule has 1 aliphatic carbocycles. The van der Waals surface area contributed by atoms with Gasteiger partial charge in [-0.1, -0.05) is 63.2 Å². The highest BCUT2D eigenvalue weighted by Crippen LogP contribution is 2.60. The van der Waals surface area contributed by atoms with Gasteiger partial charge in [0.25, 0.3) is 0 Å². The third kappa shape index (κ3) is 3.19. The van der Waals surface area contributed by atoms with Gasteiger partial charge < -0.3 is 16.6 Å². The second-order valence-corrected chi connectivity index (χ2v) is 8.75. The van der Waals surface area contributed by atoms with E-state index in [1.165, 1.54) is 5.56 Å². The Morgan fingerprint density at radius 2 is 1.56 bits per heavy atom. The molecule has 0 saturated heterocycles.